The Labute approximate surface area is 118 Å². The first-order valence-electron chi connectivity index (χ1n) is 5.66. The fourth-order valence-electron chi connectivity index (χ4n) is 1.67. The first-order valence-corrected chi connectivity index (χ1v) is 8.69. The molecule has 0 spiro atoms. The van der Waals surface area contributed by atoms with E-state index in [4.69, 9.17) is 5.14 Å². The van der Waals surface area contributed by atoms with E-state index in [1.54, 1.807) is 12.1 Å². The normalized spacial score (nSPS) is 12.3. The second kappa shape index (κ2) is 5.01. The van der Waals surface area contributed by atoms with Crippen LogP contribution in [-0.2, 0) is 19.9 Å². The van der Waals surface area contributed by atoms with Crippen LogP contribution in [0.25, 0.3) is 0 Å². The van der Waals surface area contributed by atoms with E-state index in [0.29, 0.717) is 0 Å². The van der Waals surface area contributed by atoms with Crippen molar-refractivity contribution in [2.75, 3.05) is 0 Å². The van der Waals surface area contributed by atoms with Crippen LogP contribution >= 0.6 is 0 Å². The van der Waals surface area contributed by atoms with E-state index < -0.39 is 19.9 Å². The number of primary sulfonamides is 1. The average Bonchev–Trinajstić information content (AvgIpc) is 2.38. The van der Waals surface area contributed by atoms with Gasteiger partial charge in [-0.3, -0.25) is 0 Å². The van der Waals surface area contributed by atoms with Crippen LogP contribution in [0.3, 0.4) is 0 Å². The Morgan fingerprint density at radius 3 is 1.90 bits per heavy atom. The Balaban J connectivity index is 2.58. The first kappa shape index (κ1) is 14.7. The molecule has 0 radical (unpaired) electrons. The molecule has 0 aliphatic heterocycles. The molecule has 5 nitrogen and oxygen atoms in total. The summed E-state index contributed by atoms with van der Waals surface area (Å²) in [5.74, 6) is 0. The van der Waals surface area contributed by atoms with E-state index in [0.717, 1.165) is 11.6 Å². The van der Waals surface area contributed by atoms with Crippen molar-refractivity contribution < 1.29 is 16.8 Å². The third kappa shape index (κ3) is 2.90. The summed E-state index contributed by atoms with van der Waals surface area (Å²) in [6.45, 7) is 1.85. The third-order valence-electron chi connectivity index (χ3n) is 2.78. The summed E-state index contributed by atoms with van der Waals surface area (Å²) in [5.41, 5.74) is 0.933. The van der Waals surface area contributed by atoms with Crippen LogP contribution in [0.4, 0.5) is 0 Å². The molecule has 2 rings (SSSR count). The van der Waals surface area contributed by atoms with Crippen molar-refractivity contribution in [3.05, 3.63) is 54.1 Å². The number of hydrogen-bond donors (Lipinski definition) is 1. The highest BCUT2D eigenvalue weighted by atomic mass is 32.2. The molecule has 0 aliphatic carbocycles. The van der Waals surface area contributed by atoms with Crippen LogP contribution in [0.2, 0.25) is 0 Å². The lowest BCUT2D eigenvalue weighted by Crippen LogP contribution is -2.13. The minimum atomic E-state index is -3.94. The maximum Gasteiger partial charge on any atom is 0.238 e. The van der Waals surface area contributed by atoms with Gasteiger partial charge in [0.25, 0.3) is 0 Å². The Bertz CT molecular complexity index is 838. The van der Waals surface area contributed by atoms with Crippen LogP contribution in [-0.4, -0.2) is 16.8 Å². The first-order chi connectivity index (χ1) is 9.21. The Morgan fingerprint density at radius 2 is 1.35 bits per heavy atom. The van der Waals surface area contributed by atoms with Gasteiger partial charge < -0.3 is 0 Å². The number of sulfone groups is 1. The molecular formula is C13H13NO4S2. The fourth-order valence-corrected chi connectivity index (χ4v) is 3.61. The molecule has 0 heterocycles. The summed E-state index contributed by atoms with van der Waals surface area (Å²) in [6.07, 6.45) is 0. The van der Waals surface area contributed by atoms with Gasteiger partial charge in [0.05, 0.1) is 14.7 Å². The highest BCUT2D eigenvalue weighted by molar-refractivity contribution is 7.91. The van der Waals surface area contributed by atoms with Gasteiger partial charge in [-0.2, -0.15) is 0 Å². The van der Waals surface area contributed by atoms with E-state index >= 15 is 0 Å². The zero-order chi connectivity index (χ0) is 15.0. The average molecular weight is 311 g/mol. The van der Waals surface area contributed by atoms with Crippen molar-refractivity contribution in [1.29, 1.82) is 0 Å². The summed E-state index contributed by atoms with van der Waals surface area (Å²) in [6, 6.07) is 11.3. The zero-order valence-corrected chi connectivity index (χ0v) is 12.3. The third-order valence-corrected chi connectivity index (χ3v) is 5.45. The van der Waals surface area contributed by atoms with Crippen molar-refractivity contribution in [2.45, 2.75) is 21.6 Å². The predicted octanol–water partition coefficient (Wildman–Crippen LogP) is 1.48. The van der Waals surface area contributed by atoms with E-state index in [1.807, 2.05) is 6.92 Å². The highest BCUT2D eigenvalue weighted by Crippen LogP contribution is 2.23. The van der Waals surface area contributed by atoms with Gasteiger partial charge in [-0.15, -0.1) is 0 Å². The van der Waals surface area contributed by atoms with Gasteiger partial charge in [0.2, 0.25) is 19.9 Å². The second-order valence-electron chi connectivity index (χ2n) is 4.34. The van der Waals surface area contributed by atoms with E-state index in [2.05, 4.69) is 0 Å². The van der Waals surface area contributed by atoms with Gasteiger partial charge in [-0.05, 0) is 37.3 Å². The van der Waals surface area contributed by atoms with E-state index in [-0.39, 0.29) is 14.7 Å². The number of aryl methyl sites for hydroxylation is 1. The lowest BCUT2D eigenvalue weighted by Gasteiger charge is -2.06. The molecule has 0 saturated heterocycles. The summed E-state index contributed by atoms with van der Waals surface area (Å²) in [5, 5.41) is 5.00. The smallest absolute Gasteiger partial charge is 0.225 e. The monoisotopic (exact) mass is 311 g/mol. The largest absolute Gasteiger partial charge is 0.238 e. The van der Waals surface area contributed by atoms with E-state index in [1.165, 1.54) is 30.3 Å². The van der Waals surface area contributed by atoms with Crippen LogP contribution in [0.1, 0.15) is 5.56 Å². The number of hydrogen-bond acceptors (Lipinski definition) is 4. The molecule has 0 amide bonds. The summed E-state index contributed by atoms with van der Waals surface area (Å²) in [4.78, 5) is -0.228. The van der Waals surface area contributed by atoms with Gasteiger partial charge in [0.1, 0.15) is 0 Å². The topological polar surface area (TPSA) is 94.3 Å². The molecule has 2 aromatic carbocycles. The molecule has 106 valence electrons. The van der Waals surface area contributed by atoms with E-state index in [9.17, 15) is 16.8 Å². The Morgan fingerprint density at radius 1 is 0.800 bits per heavy atom. The fraction of sp³-hybridized carbons (Fsp3) is 0.0769. The molecule has 2 N–H and O–H groups in total. The van der Waals surface area contributed by atoms with Gasteiger partial charge >= 0.3 is 0 Å². The van der Waals surface area contributed by atoms with Crippen LogP contribution < -0.4 is 5.14 Å². The molecule has 20 heavy (non-hydrogen) atoms. The highest BCUT2D eigenvalue weighted by Gasteiger charge is 2.19. The lowest BCUT2D eigenvalue weighted by atomic mass is 10.2. The standard InChI is InChI=1S/C13H13NO4S2/c1-10-5-7-11(8-6-10)19(15,16)12-3-2-4-13(9-12)20(14,17)18/h2-9H,1H3,(H2,14,17,18). The Kier molecular flexibility index (Phi) is 3.68. The molecular weight excluding hydrogens is 298 g/mol. The predicted molar refractivity (Wildman–Crippen MR) is 74.4 cm³/mol. The van der Waals surface area contributed by atoms with Crippen LogP contribution in [0.5, 0.6) is 0 Å². The number of sulfonamides is 1. The molecule has 0 unspecified atom stereocenters. The van der Waals surface area contributed by atoms with Crippen molar-refractivity contribution in [1.82, 2.24) is 0 Å². The molecule has 0 fully saturated rings. The second-order valence-corrected chi connectivity index (χ2v) is 7.85. The molecule has 7 heteroatoms. The van der Waals surface area contributed by atoms with Crippen molar-refractivity contribution in [3.63, 3.8) is 0 Å². The van der Waals surface area contributed by atoms with Gasteiger partial charge in [-0.25, -0.2) is 22.0 Å². The molecule has 0 aromatic heterocycles. The SMILES string of the molecule is Cc1ccc(S(=O)(=O)c2cccc(S(N)(=O)=O)c2)cc1. The molecule has 0 saturated carbocycles. The molecule has 2 aromatic rings. The summed E-state index contributed by atoms with van der Waals surface area (Å²) < 4.78 is 47.3. The summed E-state index contributed by atoms with van der Waals surface area (Å²) >= 11 is 0. The van der Waals surface area contributed by atoms with Gasteiger partial charge in [-0.1, -0.05) is 23.8 Å². The van der Waals surface area contributed by atoms with Crippen molar-refractivity contribution >= 4 is 19.9 Å². The van der Waals surface area contributed by atoms with Crippen LogP contribution in [0.15, 0.2) is 63.2 Å². The number of nitrogens with two attached hydrogens (primary N) is 1. The maximum atomic E-state index is 12.4. The molecule has 0 aliphatic rings. The lowest BCUT2D eigenvalue weighted by molar-refractivity contribution is 0.595. The quantitative estimate of drug-likeness (QED) is 0.928. The van der Waals surface area contributed by atoms with Crippen LogP contribution in [0, 0.1) is 6.92 Å². The van der Waals surface area contributed by atoms with Gasteiger partial charge in [0.15, 0.2) is 0 Å². The minimum Gasteiger partial charge on any atom is -0.225 e. The minimum absolute atomic E-state index is 0.104. The maximum absolute atomic E-state index is 12.4. The Hall–Kier alpha value is -1.70. The van der Waals surface area contributed by atoms with Crippen molar-refractivity contribution in [2.24, 2.45) is 5.14 Å². The van der Waals surface area contributed by atoms with Gasteiger partial charge in [0, 0.05) is 0 Å². The zero-order valence-electron chi connectivity index (χ0n) is 10.6. The van der Waals surface area contributed by atoms with Crippen molar-refractivity contribution in [3.8, 4) is 0 Å². The molecule has 0 atom stereocenters. The molecule has 0 bridgehead atoms. The number of benzene rings is 2. The number of rotatable bonds is 3. The summed E-state index contributed by atoms with van der Waals surface area (Å²) in [7, 11) is -7.70.